The molecule has 1 aromatic carbocycles. The van der Waals surface area contributed by atoms with Crippen LogP contribution < -0.4 is 0 Å². The number of nitro benzene ring substituents is 1. The van der Waals surface area contributed by atoms with Gasteiger partial charge in [0.25, 0.3) is 5.69 Å². The van der Waals surface area contributed by atoms with Crippen LogP contribution in [0.4, 0.5) is 11.4 Å². The predicted molar refractivity (Wildman–Crippen MR) is 53.2 cm³/mol. The number of nitro groups is 1. The third-order valence-electron chi connectivity index (χ3n) is 1.91. The maximum absolute atomic E-state index is 11.3. The number of carbonyl (C=O) groups is 1. The van der Waals surface area contributed by atoms with E-state index in [0.29, 0.717) is 0 Å². The summed E-state index contributed by atoms with van der Waals surface area (Å²) in [5, 5.41) is 13.0. The Kier molecular flexibility index (Phi) is 3.22. The van der Waals surface area contributed by atoms with Crippen molar-refractivity contribution in [3.8, 4) is 0 Å². The molecule has 0 unspecified atom stereocenters. The molecule has 1 aromatic rings. The summed E-state index contributed by atoms with van der Waals surface area (Å²) in [6.07, 6.45) is 0.223. The molecule has 15 heavy (non-hydrogen) atoms. The Bertz CT molecular complexity index is 428. The van der Waals surface area contributed by atoms with Crippen molar-refractivity contribution in [2.75, 3.05) is 0 Å². The molecule has 0 atom stereocenters. The van der Waals surface area contributed by atoms with Crippen LogP contribution in [-0.2, 0) is 0 Å². The van der Waals surface area contributed by atoms with E-state index in [1.165, 1.54) is 12.1 Å². The first-order chi connectivity index (χ1) is 7.10. The maximum Gasteiger partial charge on any atom is 0.271 e. The summed E-state index contributed by atoms with van der Waals surface area (Å²) in [6, 6.07) is 3.42. The molecular formula is C9H8N2O4. The minimum Gasteiger partial charge on any atom is -0.294 e. The maximum atomic E-state index is 11.3. The van der Waals surface area contributed by atoms with Crippen LogP contribution in [0.2, 0.25) is 0 Å². The molecule has 0 saturated heterocycles. The zero-order chi connectivity index (χ0) is 11.4. The number of non-ortho nitro benzene ring substituents is 1. The number of hydrogen-bond donors (Lipinski definition) is 0. The number of rotatable bonds is 4. The fourth-order valence-corrected chi connectivity index (χ4v) is 1.14. The Balaban J connectivity index is 3.26. The molecule has 6 nitrogen and oxygen atoms in total. The SMILES string of the molecule is CCC(=O)c1ccc([N+](=O)[O-])cc1N=O. The molecule has 0 saturated carbocycles. The first-order valence-electron chi connectivity index (χ1n) is 4.25. The molecule has 0 aromatic heterocycles. The van der Waals surface area contributed by atoms with Crippen molar-refractivity contribution < 1.29 is 9.72 Å². The van der Waals surface area contributed by atoms with Crippen molar-refractivity contribution in [2.45, 2.75) is 13.3 Å². The smallest absolute Gasteiger partial charge is 0.271 e. The van der Waals surface area contributed by atoms with Crippen LogP contribution in [0.1, 0.15) is 23.7 Å². The van der Waals surface area contributed by atoms with Gasteiger partial charge in [-0.25, -0.2) is 0 Å². The van der Waals surface area contributed by atoms with E-state index in [2.05, 4.69) is 5.18 Å². The molecule has 0 bridgehead atoms. The number of benzene rings is 1. The molecule has 0 aliphatic rings. The fraction of sp³-hybridized carbons (Fsp3) is 0.222. The Labute approximate surface area is 85.0 Å². The van der Waals surface area contributed by atoms with E-state index in [0.717, 1.165) is 6.07 Å². The summed E-state index contributed by atoms with van der Waals surface area (Å²) in [5.74, 6) is -0.264. The molecule has 0 amide bonds. The molecule has 0 radical (unpaired) electrons. The Morgan fingerprint density at radius 2 is 2.20 bits per heavy atom. The van der Waals surface area contributed by atoms with Crippen molar-refractivity contribution in [2.24, 2.45) is 5.18 Å². The first-order valence-corrected chi connectivity index (χ1v) is 4.25. The van der Waals surface area contributed by atoms with Gasteiger partial charge in [-0.2, -0.15) is 0 Å². The zero-order valence-corrected chi connectivity index (χ0v) is 7.97. The van der Waals surface area contributed by atoms with Gasteiger partial charge < -0.3 is 0 Å². The van der Waals surface area contributed by atoms with Gasteiger partial charge >= 0.3 is 0 Å². The summed E-state index contributed by atoms with van der Waals surface area (Å²) in [4.78, 5) is 31.5. The van der Waals surface area contributed by atoms with Crippen LogP contribution in [0.3, 0.4) is 0 Å². The molecule has 1 rings (SSSR count). The lowest BCUT2D eigenvalue weighted by atomic mass is 10.1. The number of nitroso groups, excluding NO2 is 1. The van der Waals surface area contributed by atoms with E-state index in [1.54, 1.807) is 6.92 Å². The molecular weight excluding hydrogens is 200 g/mol. The van der Waals surface area contributed by atoms with Crippen LogP contribution in [0.25, 0.3) is 0 Å². The van der Waals surface area contributed by atoms with Crippen molar-refractivity contribution in [1.82, 2.24) is 0 Å². The standard InChI is InChI=1S/C9H8N2O4/c1-2-9(12)7-4-3-6(11(14)15)5-8(7)10-13/h3-5H,2H2,1H3. The molecule has 6 heteroatoms. The molecule has 0 spiro atoms. The number of Topliss-reactive ketones (excluding diaryl/α,β-unsaturated/α-hetero) is 1. The van der Waals surface area contributed by atoms with Gasteiger partial charge in [0, 0.05) is 24.1 Å². The molecule has 0 aliphatic heterocycles. The topological polar surface area (TPSA) is 89.6 Å². The van der Waals surface area contributed by atoms with Gasteiger partial charge in [-0.1, -0.05) is 6.92 Å². The third-order valence-corrected chi connectivity index (χ3v) is 1.91. The highest BCUT2D eigenvalue weighted by Gasteiger charge is 2.15. The van der Waals surface area contributed by atoms with Crippen LogP contribution in [0.5, 0.6) is 0 Å². The molecule has 78 valence electrons. The molecule has 0 aliphatic carbocycles. The zero-order valence-electron chi connectivity index (χ0n) is 7.97. The van der Waals surface area contributed by atoms with E-state index in [4.69, 9.17) is 0 Å². The van der Waals surface area contributed by atoms with Crippen molar-refractivity contribution >= 4 is 17.2 Å². The number of hydrogen-bond acceptors (Lipinski definition) is 5. The molecule has 0 N–H and O–H groups in total. The normalized spacial score (nSPS) is 9.67. The summed E-state index contributed by atoms with van der Waals surface area (Å²) in [6.45, 7) is 1.64. The van der Waals surface area contributed by atoms with Crippen molar-refractivity contribution in [3.05, 3.63) is 38.8 Å². The Hall–Kier alpha value is -2.11. The Morgan fingerprint density at radius 1 is 1.53 bits per heavy atom. The van der Waals surface area contributed by atoms with Gasteiger partial charge in [0.1, 0.15) is 5.69 Å². The number of carbonyl (C=O) groups excluding carboxylic acids is 1. The van der Waals surface area contributed by atoms with E-state index in [9.17, 15) is 19.8 Å². The van der Waals surface area contributed by atoms with Gasteiger partial charge in [0.15, 0.2) is 5.78 Å². The molecule has 0 fully saturated rings. The predicted octanol–water partition coefficient (Wildman–Crippen LogP) is 2.59. The van der Waals surface area contributed by atoms with Crippen molar-refractivity contribution in [3.63, 3.8) is 0 Å². The minimum atomic E-state index is -0.644. The van der Waals surface area contributed by atoms with Gasteiger partial charge in [0.2, 0.25) is 0 Å². The van der Waals surface area contributed by atoms with Gasteiger partial charge in [0.05, 0.1) is 4.92 Å². The lowest BCUT2D eigenvalue weighted by Crippen LogP contribution is -1.97. The second-order valence-corrected chi connectivity index (χ2v) is 2.83. The quantitative estimate of drug-likeness (QED) is 0.329. The minimum absolute atomic E-state index is 0.123. The van der Waals surface area contributed by atoms with Gasteiger partial charge in [-0.15, -0.1) is 4.91 Å². The number of ketones is 1. The molecule has 0 heterocycles. The number of nitrogens with zero attached hydrogens (tertiary/aromatic N) is 2. The van der Waals surface area contributed by atoms with E-state index in [1.807, 2.05) is 0 Å². The highest BCUT2D eigenvalue weighted by Crippen LogP contribution is 2.25. The lowest BCUT2D eigenvalue weighted by molar-refractivity contribution is -0.384. The summed E-state index contributed by atoms with van der Waals surface area (Å²) >= 11 is 0. The van der Waals surface area contributed by atoms with Crippen molar-refractivity contribution in [1.29, 1.82) is 0 Å². The Morgan fingerprint density at radius 3 is 2.67 bits per heavy atom. The highest BCUT2D eigenvalue weighted by molar-refractivity contribution is 6.00. The summed E-state index contributed by atoms with van der Waals surface area (Å²) < 4.78 is 0. The summed E-state index contributed by atoms with van der Waals surface area (Å²) in [5.41, 5.74) is -0.314. The van der Waals surface area contributed by atoms with Crippen LogP contribution >= 0.6 is 0 Å². The van der Waals surface area contributed by atoms with Crippen LogP contribution in [-0.4, -0.2) is 10.7 Å². The van der Waals surface area contributed by atoms with E-state index >= 15 is 0 Å². The van der Waals surface area contributed by atoms with Gasteiger partial charge in [-0.3, -0.25) is 14.9 Å². The van der Waals surface area contributed by atoms with Crippen LogP contribution in [0.15, 0.2) is 23.4 Å². The average Bonchev–Trinajstić information content (AvgIpc) is 2.27. The third kappa shape index (κ3) is 2.22. The lowest BCUT2D eigenvalue weighted by Gasteiger charge is -2.00. The van der Waals surface area contributed by atoms with E-state index < -0.39 is 4.92 Å². The van der Waals surface area contributed by atoms with Gasteiger partial charge in [-0.05, 0) is 11.2 Å². The largest absolute Gasteiger partial charge is 0.294 e. The fourth-order valence-electron chi connectivity index (χ4n) is 1.14. The average molecular weight is 208 g/mol. The highest BCUT2D eigenvalue weighted by atomic mass is 16.6. The summed E-state index contributed by atoms with van der Waals surface area (Å²) in [7, 11) is 0. The first kappa shape index (κ1) is 11.0. The second-order valence-electron chi connectivity index (χ2n) is 2.83. The van der Waals surface area contributed by atoms with Crippen LogP contribution in [0, 0.1) is 15.0 Å². The van der Waals surface area contributed by atoms with E-state index in [-0.39, 0.29) is 29.1 Å². The monoisotopic (exact) mass is 208 g/mol. The second kappa shape index (κ2) is 4.41.